The van der Waals surface area contributed by atoms with Crippen LogP contribution in [0.15, 0.2) is 83.1 Å². The Bertz CT molecular complexity index is 1430. The highest BCUT2D eigenvalue weighted by Gasteiger charge is 2.25. The van der Waals surface area contributed by atoms with Crippen LogP contribution in [0.1, 0.15) is 15.9 Å². The number of nitrogens with zero attached hydrogens (tertiary/aromatic N) is 2. The fraction of sp³-hybridized carbons (Fsp3) is 0.120. The molecule has 1 amide bonds. The summed E-state index contributed by atoms with van der Waals surface area (Å²) < 4.78 is 33.1. The number of sulfonamides is 1. The molecule has 0 spiro atoms. The number of nitrogens with one attached hydrogen (secondary N) is 1. The maximum Gasteiger partial charge on any atom is 0.264 e. The predicted octanol–water partition coefficient (Wildman–Crippen LogP) is 5.20. The number of hydrogen-bond donors (Lipinski definition) is 1. The Morgan fingerprint density at radius 3 is 2.47 bits per heavy atom. The van der Waals surface area contributed by atoms with Crippen LogP contribution in [0, 0.1) is 6.92 Å². The first-order chi connectivity index (χ1) is 16.3. The predicted molar refractivity (Wildman–Crippen MR) is 135 cm³/mol. The Kier molecular flexibility index (Phi) is 6.67. The Labute approximate surface area is 202 Å². The summed E-state index contributed by atoms with van der Waals surface area (Å²) in [5.41, 5.74) is 3.00. The minimum absolute atomic E-state index is 0.000712. The summed E-state index contributed by atoms with van der Waals surface area (Å²) in [6, 6.07) is 21.0. The number of carbonyl (C=O) groups is 1. The molecule has 0 unspecified atom stereocenters. The van der Waals surface area contributed by atoms with Gasteiger partial charge in [-0.15, -0.1) is 11.3 Å². The molecule has 7 nitrogen and oxygen atoms in total. The lowest BCUT2D eigenvalue weighted by Gasteiger charge is -2.22. The summed E-state index contributed by atoms with van der Waals surface area (Å²) in [6.07, 6.45) is 0. The summed E-state index contributed by atoms with van der Waals surface area (Å²) in [7, 11) is -1.01. The number of aromatic nitrogens is 1. The van der Waals surface area contributed by atoms with Crippen LogP contribution >= 0.6 is 11.3 Å². The summed E-state index contributed by atoms with van der Waals surface area (Å²) in [4.78, 5) is 17.5. The van der Waals surface area contributed by atoms with Crippen molar-refractivity contribution < 1.29 is 17.9 Å². The summed E-state index contributed by atoms with van der Waals surface area (Å²) in [5, 5.41) is 5.08. The average Bonchev–Trinajstić information content (AvgIpc) is 3.32. The maximum atomic E-state index is 13.3. The highest BCUT2D eigenvalue weighted by atomic mass is 32.2. The van der Waals surface area contributed by atoms with Crippen LogP contribution in [0.2, 0.25) is 0 Å². The lowest BCUT2D eigenvalue weighted by molar-refractivity contribution is 0.102. The van der Waals surface area contributed by atoms with Gasteiger partial charge in [0.1, 0.15) is 5.75 Å². The molecule has 174 valence electrons. The molecule has 0 radical (unpaired) electrons. The standard InChI is InChI=1S/C25H23N3O4S2/c1-17-13-14-19(34(30,31)28(2)22-11-7-8-12-23(22)32-3)15-20(17)24(29)27-25-26-21(16-33-25)18-9-5-4-6-10-18/h4-16H,1-3H3,(H,26,27,29). The molecule has 9 heteroatoms. The number of thiazole rings is 1. The van der Waals surface area contributed by atoms with Crippen molar-refractivity contribution in [3.63, 3.8) is 0 Å². The molecule has 0 aliphatic rings. The summed E-state index contributed by atoms with van der Waals surface area (Å²) in [5.74, 6) is 0.0000923. The minimum atomic E-state index is -3.94. The Morgan fingerprint density at radius 2 is 1.74 bits per heavy atom. The Balaban J connectivity index is 1.61. The van der Waals surface area contributed by atoms with Crippen LogP contribution in [0.3, 0.4) is 0 Å². The first-order valence-corrected chi connectivity index (χ1v) is 12.7. The number of amides is 1. The molecule has 0 fully saturated rings. The minimum Gasteiger partial charge on any atom is -0.495 e. The zero-order valence-corrected chi connectivity index (χ0v) is 20.5. The van der Waals surface area contributed by atoms with E-state index in [1.165, 1.54) is 37.6 Å². The van der Waals surface area contributed by atoms with Crippen molar-refractivity contribution >= 4 is 38.1 Å². The van der Waals surface area contributed by atoms with Crippen molar-refractivity contribution in [2.75, 3.05) is 23.8 Å². The van der Waals surface area contributed by atoms with Gasteiger partial charge in [-0.05, 0) is 36.8 Å². The smallest absolute Gasteiger partial charge is 0.264 e. The third kappa shape index (κ3) is 4.66. The summed E-state index contributed by atoms with van der Waals surface area (Å²) in [6.45, 7) is 1.76. The van der Waals surface area contributed by atoms with E-state index in [1.54, 1.807) is 37.3 Å². The molecule has 4 aromatic rings. The SMILES string of the molecule is COc1ccccc1N(C)S(=O)(=O)c1ccc(C)c(C(=O)Nc2nc(-c3ccccc3)cs2)c1. The van der Waals surface area contributed by atoms with Crippen LogP contribution in [0.25, 0.3) is 11.3 Å². The van der Waals surface area contributed by atoms with Crippen LogP contribution in [0.5, 0.6) is 5.75 Å². The van der Waals surface area contributed by atoms with Crippen molar-refractivity contribution in [2.45, 2.75) is 11.8 Å². The Morgan fingerprint density at radius 1 is 1.03 bits per heavy atom. The van der Waals surface area contributed by atoms with Crippen LogP contribution in [-0.4, -0.2) is 33.5 Å². The second-order valence-electron chi connectivity index (χ2n) is 7.48. The second-order valence-corrected chi connectivity index (χ2v) is 10.3. The number of rotatable bonds is 7. The first kappa shape index (κ1) is 23.5. The van der Waals surface area contributed by atoms with Gasteiger partial charge in [0.05, 0.1) is 23.4 Å². The largest absolute Gasteiger partial charge is 0.495 e. The van der Waals surface area contributed by atoms with Crippen LogP contribution in [0.4, 0.5) is 10.8 Å². The first-order valence-electron chi connectivity index (χ1n) is 10.4. The fourth-order valence-electron chi connectivity index (χ4n) is 3.42. The van der Waals surface area contributed by atoms with Crippen molar-refractivity contribution in [1.29, 1.82) is 0 Å². The van der Waals surface area contributed by atoms with Crippen molar-refractivity contribution in [3.8, 4) is 17.0 Å². The molecule has 0 atom stereocenters. The van der Waals surface area contributed by atoms with Gasteiger partial charge in [-0.3, -0.25) is 14.4 Å². The molecule has 0 saturated carbocycles. The molecule has 1 heterocycles. The van der Waals surface area contributed by atoms with Crippen LogP contribution < -0.4 is 14.4 Å². The van der Waals surface area contributed by atoms with E-state index < -0.39 is 15.9 Å². The molecular formula is C25H23N3O4S2. The fourth-order valence-corrected chi connectivity index (χ4v) is 5.37. The van der Waals surface area contributed by atoms with E-state index in [0.717, 1.165) is 15.6 Å². The number of carbonyl (C=O) groups excluding carboxylic acids is 1. The second kappa shape index (κ2) is 9.66. The molecule has 0 aliphatic carbocycles. The van der Waals surface area contributed by atoms with E-state index in [-0.39, 0.29) is 10.5 Å². The molecule has 0 bridgehead atoms. The number of hydrogen-bond acceptors (Lipinski definition) is 6. The molecule has 34 heavy (non-hydrogen) atoms. The van der Waals surface area contributed by atoms with Gasteiger partial charge >= 0.3 is 0 Å². The van der Waals surface area contributed by atoms with Crippen LogP contribution in [-0.2, 0) is 10.0 Å². The quantitative estimate of drug-likeness (QED) is 0.382. The van der Waals surface area contributed by atoms with Gasteiger partial charge in [-0.2, -0.15) is 0 Å². The average molecular weight is 494 g/mol. The van der Waals surface area contributed by atoms with Gasteiger partial charge in [0, 0.05) is 23.6 Å². The molecule has 1 N–H and O–H groups in total. The molecule has 0 aliphatic heterocycles. The zero-order valence-electron chi connectivity index (χ0n) is 18.8. The highest BCUT2D eigenvalue weighted by Crippen LogP contribution is 2.31. The maximum absolute atomic E-state index is 13.3. The van der Waals surface area contributed by atoms with Crippen molar-refractivity contribution in [2.24, 2.45) is 0 Å². The monoisotopic (exact) mass is 493 g/mol. The van der Waals surface area contributed by atoms with Gasteiger partial charge in [-0.25, -0.2) is 13.4 Å². The summed E-state index contributed by atoms with van der Waals surface area (Å²) >= 11 is 1.31. The number of aryl methyl sites for hydroxylation is 1. The van der Waals surface area contributed by atoms with Gasteiger partial charge in [0.2, 0.25) is 0 Å². The van der Waals surface area contributed by atoms with E-state index >= 15 is 0 Å². The van der Waals surface area contributed by atoms with E-state index in [9.17, 15) is 13.2 Å². The number of anilines is 2. The third-order valence-electron chi connectivity index (χ3n) is 5.33. The lowest BCUT2D eigenvalue weighted by atomic mass is 10.1. The zero-order chi connectivity index (χ0) is 24.3. The molecular weight excluding hydrogens is 470 g/mol. The topological polar surface area (TPSA) is 88.6 Å². The van der Waals surface area contributed by atoms with Gasteiger partial charge in [0.25, 0.3) is 15.9 Å². The number of methoxy groups -OCH3 is 1. The number of benzene rings is 3. The lowest BCUT2D eigenvalue weighted by Crippen LogP contribution is -2.27. The van der Waals surface area contributed by atoms with Gasteiger partial charge < -0.3 is 4.74 Å². The van der Waals surface area contributed by atoms with E-state index in [2.05, 4.69) is 10.3 Å². The van der Waals surface area contributed by atoms with Crippen molar-refractivity contribution in [1.82, 2.24) is 4.98 Å². The Hall–Kier alpha value is -3.69. The highest BCUT2D eigenvalue weighted by molar-refractivity contribution is 7.92. The molecule has 1 aromatic heterocycles. The van der Waals surface area contributed by atoms with E-state index in [0.29, 0.717) is 22.1 Å². The van der Waals surface area contributed by atoms with E-state index in [1.807, 2.05) is 35.7 Å². The molecule has 0 saturated heterocycles. The normalized spacial score (nSPS) is 11.1. The molecule has 3 aromatic carbocycles. The van der Waals surface area contributed by atoms with Gasteiger partial charge in [0.15, 0.2) is 5.13 Å². The van der Waals surface area contributed by atoms with Gasteiger partial charge in [-0.1, -0.05) is 48.5 Å². The van der Waals surface area contributed by atoms with Crippen molar-refractivity contribution in [3.05, 3.63) is 89.3 Å². The van der Waals surface area contributed by atoms with E-state index in [4.69, 9.17) is 4.74 Å². The number of para-hydroxylation sites is 2. The molecule has 4 rings (SSSR count). The third-order valence-corrected chi connectivity index (χ3v) is 7.86. The number of ether oxygens (including phenoxy) is 1.